The van der Waals surface area contributed by atoms with E-state index in [-0.39, 0.29) is 24.2 Å². The van der Waals surface area contributed by atoms with E-state index >= 15 is 0 Å². The molecule has 0 atom stereocenters. The van der Waals surface area contributed by atoms with E-state index in [0.717, 1.165) is 30.3 Å². The van der Waals surface area contributed by atoms with Crippen LogP contribution in [0, 0.1) is 5.82 Å². The van der Waals surface area contributed by atoms with Gasteiger partial charge in [0, 0.05) is 12.1 Å². The molecule has 1 N–H and O–H groups in total. The number of nitrogens with one attached hydrogen (secondary N) is 1. The minimum Gasteiger partial charge on any atom is -0.481 e. The van der Waals surface area contributed by atoms with Crippen LogP contribution in [-0.2, 0) is 11.2 Å². The highest BCUT2D eigenvalue weighted by atomic mass is 19.1. The molecule has 26 heavy (non-hydrogen) atoms. The number of benzene rings is 1. The zero-order chi connectivity index (χ0) is 18.1. The van der Waals surface area contributed by atoms with Crippen molar-refractivity contribution < 1.29 is 13.9 Å². The molecule has 0 radical (unpaired) electrons. The third-order valence-electron chi connectivity index (χ3n) is 4.69. The maximum atomic E-state index is 13.0. The Morgan fingerprint density at radius 1 is 1.23 bits per heavy atom. The normalized spacial score (nSPS) is 14.2. The van der Waals surface area contributed by atoms with Gasteiger partial charge in [0.1, 0.15) is 11.3 Å². The molecule has 0 bridgehead atoms. The average Bonchev–Trinajstić information content (AvgIpc) is 2.92. The zero-order valence-electron chi connectivity index (χ0n) is 14.4. The summed E-state index contributed by atoms with van der Waals surface area (Å²) in [7, 11) is 1.57. The Balaban J connectivity index is 1.62. The molecule has 0 spiro atoms. The predicted octanol–water partition coefficient (Wildman–Crippen LogP) is 3.49. The average molecular weight is 354 g/mol. The quantitative estimate of drug-likeness (QED) is 0.761. The number of halogens is 1. The molecule has 1 saturated carbocycles. The Labute approximate surface area is 150 Å². The van der Waals surface area contributed by atoms with Gasteiger partial charge in [0.15, 0.2) is 5.65 Å². The van der Waals surface area contributed by atoms with Crippen LogP contribution in [-0.4, -0.2) is 27.6 Å². The van der Waals surface area contributed by atoms with E-state index in [1.807, 2.05) is 10.6 Å². The van der Waals surface area contributed by atoms with Crippen LogP contribution in [0.4, 0.5) is 10.3 Å². The molecule has 0 saturated heterocycles. The molecule has 134 valence electrons. The van der Waals surface area contributed by atoms with Crippen molar-refractivity contribution in [1.29, 1.82) is 0 Å². The number of carbonyl (C=O) groups excluding carboxylic acids is 1. The summed E-state index contributed by atoms with van der Waals surface area (Å²) in [5, 5.41) is 2.89. The van der Waals surface area contributed by atoms with E-state index in [2.05, 4.69) is 15.3 Å². The van der Waals surface area contributed by atoms with Crippen LogP contribution in [0.2, 0.25) is 0 Å². The second kappa shape index (κ2) is 6.74. The lowest BCUT2D eigenvalue weighted by molar-refractivity contribution is -0.115. The monoisotopic (exact) mass is 354 g/mol. The molecular weight excluding hydrogens is 335 g/mol. The van der Waals surface area contributed by atoms with Gasteiger partial charge < -0.3 is 4.74 Å². The highest BCUT2D eigenvalue weighted by molar-refractivity contribution is 5.92. The number of amides is 1. The van der Waals surface area contributed by atoms with E-state index < -0.39 is 0 Å². The summed E-state index contributed by atoms with van der Waals surface area (Å²) in [6, 6.07) is 9.79. The summed E-state index contributed by atoms with van der Waals surface area (Å²) in [5.74, 6) is 0.500. The maximum absolute atomic E-state index is 13.0. The number of ether oxygens (including phenoxy) is 1. The standard InChI is InChI=1S/C19H19FN4O2/c1-26-17-10-9-15-18(23-17)24(14-3-2-4-14)19(21-15)22-16(25)11-12-5-7-13(20)8-6-12/h5-10,14H,2-4,11H2,1H3,(H,21,22,25). The topological polar surface area (TPSA) is 69.0 Å². The molecule has 0 aliphatic heterocycles. The van der Waals surface area contributed by atoms with Crippen LogP contribution >= 0.6 is 0 Å². The van der Waals surface area contributed by atoms with E-state index in [9.17, 15) is 9.18 Å². The fourth-order valence-electron chi connectivity index (χ4n) is 3.11. The van der Waals surface area contributed by atoms with E-state index in [1.54, 1.807) is 25.3 Å². The first-order chi connectivity index (χ1) is 12.6. The second-order valence-electron chi connectivity index (χ2n) is 6.44. The van der Waals surface area contributed by atoms with Crippen LogP contribution in [0.15, 0.2) is 36.4 Å². The summed E-state index contributed by atoms with van der Waals surface area (Å²) < 4.78 is 20.2. The largest absolute Gasteiger partial charge is 0.481 e. The molecular formula is C19H19FN4O2. The van der Waals surface area contributed by atoms with Gasteiger partial charge >= 0.3 is 0 Å². The molecule has 1 fully saturated rings. The number of rotatable bonds is 5. The molecule has 1 amide bonds. The lowest BCUT2D eigenvalue weighted by Gasteiger charge is -2.28. The van der Waals surface area contributed by atoms with Crippen molar-refractivity contribution in [2.45, 2.75) is 31.7 Å². The molecule has 1 aromatic carbocycles. The molecule has 2 heterocycles. The molecule has 6 nitrogen and oxygen atoms in total. The number of carbonyl (C=O) groups is 1. The Kier molecular flexibility index (Phi) is 4.28. The van der Waals surface area contributed by atoms with Gasteiger partial charge in [-0.15, -0.1) is 0 Å². The van der Waals surface area contributed by atoms with Crippen molar-refractivity contribution in [3.05, 3.63) is 47.8 Å². The van der Waals surface area contributed by atoms with Gasteiger partial charge in [-0.2, -0.15) is 4.98 Å². The van der Waals surface area contributed by atoms with Gasteiger partial charge in [-0.05, 0) is 43.0 Å². The van der Waals surface area contributed by atoms with Gasteiger partial charge in [0.2, 0.25) is 17.7 Å². The number of methoxy groups -OCH3 is 1. The van der Waals surface area contributed by atoms with Crippen molar-refractivity contribution in [3.8, 4) is 5.88 Å². The lowest BCUT2D eigenvalue weighted by Crippen LogP contribution is -2.23. The van der Waals surface area contributed by atoms with Gasteiger partial charge in [-0.1, -0.05) is 12.1 Å². The van der Waals surface area contributed by atoms with Crippen molar-refractivity contribution >= 4 is 23.0 Å². The molecule has 7 heteroatoms. The molecule has 2 aromatic heterocycles. The third kappa shape index (κ3) is 3.12. The Bertz CT molecular complexity index is 948. The predicted molar refractivity (Wildman–Crippen MR) is 95.7 cm³/mol. The van der Waals surface area contributed by atoms with Crippen molar-refractivity contribution in [1.82, 2.24) is 14.5 Å². The number of fused-ring (bicyclic) bond motifs is 1. The second-order valence-corrected chi connectivity index (χ2v) is 6.44. The fraction of sp³-hybridized carbons (Fsp3) is 0.316. The van der Waals surface area contributed by atoms with Crippen LogP contribution in [0.3, 0.4) is 0 Å². The first-order valence-electron chi connectivity index (χ1n) is 8.61. The molecule has 1 aliphatic carbocycles. The van der Waals surface area contributed by atoms with Crippen LogP contribution in [0.1, 0.15) is 30.9 Å². The Morgan fingerprint density at radius 3 is 2.65 bits per heavy atom. The lowest BCUT2D eigenvalue weighted by atomic mass is 9.93. The fourth-order valence-corrected chi connectivity index (χ4v) is 3.11. The number of anilines is 1. The van der Waals surface area contributed by atoms with Gasteiger partial charge in [0.25, 0.3) is 0 Å². The van der Waals surface area contributed by atoms with Crippen LogP contribution in [0.5, 0.6) is 5.88 Å². The zero-order valence-corrected chi connectivity index (χ0v) is 14.4. The summed E-state index contributed by atoms with van der Waals surface area (Å²) >= 11 is 0. The molecule has 0 unspecified atom stereocenters. The minimum atomic E-state index is -0.319. The van der Waals surface area contributed by atoms with Gasteiger partial charge in [-0.3, -0.25) is 14.7 Å². The number of imidazole rings is 1. The van der Waals surface area contributed by atoms with Gasteiger partial charge in [-0.25, -0.2) is 9.37 Å². The summed E-state index contributed by atoms with van der Waals surface area (Å²) in [5.41, 5.74) is 2.18. The highest BCUT2D eigenvalue weighted by Crippen LogP contribution is 2.37. The Morgan fingerprint density at radius 2 is 2.00 bits per heavy atom. The van der Waals surface area contributed by atoms with Crippen molar-refractivity contribution in [2.75, 3.05) is 12.4 Å². The first-order valence-corrected chi connectivity index (χ1v) is 8.61. The highest BCUT2D eigenvalue weighted by Gasteiger charge is 2.26. The van der Waals surface area contributed by atoms with E-state index in [0.29, 0.717) is 17.5 Å². The van der Waals surface area contributed by atoms with Gasteiger partial charge in [0.05, 0.1) is 13.5 Å². The van der Waals surface area contributed by atoms with Crippen LogP contribution in [0.25, 0.3) is 11.2 Å². The summed E-state index contributed by atoms with van der Waals surface area (Å²) in [6.07, 6.45) is 3.37. The van der Waals surface area contributed by atoms with E-state index in [4.69, 9.17) is 4.74 Å². The SMILES string of the molecule is COc1ccc2nc(NC(=O)Cc3ccc(F)cc3)n(C3CCC3)c2n1. The molecule has 1 aliphatic rings. The van der Waals surface area contributed by atoms with Crippen molar-refractivity contribution in [3.63, 3.8) is 0 Å². The number of hydrogen-bond donors (Lipinski definition) is 1. The molecule has 3 aromatic rings. The smallest absolute Gasteiger partial charge is 0.231 e. The number of hydrogen-bond acceptors (Lipinski definition) is 4. The molecule has 4 rings (SSSR count). The van der Waals surface area contributed by atoms with Crippen molar-refractivity contribution in [2.24, 2.45) is 0 Å². The number of nitrogens with zero attached hydrogens (tertiary/aromatic N) is 3. The number of aromatic nitrogens is 3. The summed E-state index contributed by atoms with van der Waals surface area (Å²) in [4.78, 5) is 21.5. The number of pyridine rings is 1. The minimum absolute atomic E-state index is 0.158. The maximum Gasteiger partial charge on any atom is 0.231 e. The van der Waals surface area contributed by atoms with Crippen LogP contribution < -0.4 is 10.1 Å². The third-order valence-corrected chi connectivity index (χ3v) is 4.69. The summed E-state index contributed by atoms with van der Waals surface area (Å²) in [6.45, 7) is 0. The van der Waals surface area contributed by atoms with E-state index in [1.165, 1.54) is 12.1 Å². The first kappa shape index (κ1) is 16.5. The Hall–Kier alpha value is -2.96.